The predicted octanol–water partition coefficient (Wildman–Crippen LogP) is 3.58. The first-order chi connectivity index (χ1) is 10.1. The molecule has 0 saturated heterocycles. The summed E-state index contributed by atoms with van der Waals surface area (Å²) in [6.07, 6.45) is 4.40. The smallest absolute Gasteiger partial charge is 0.352 e. The van der Waals surface area contributed by atoms with Crippen molar-refractivity contribution in [1.82, 2.24) is 9.55 Å². The minimum Gasteiger partial charge on any atom is -0.477 e. The fourth-order valence-electron chi connectivity index (χ4n) is 2.45. The summed E-state index contributed by atoms with van der Waals surface area (Å²) >= 11 is 2.13. The third kappa shape index (κ3) is 2.92. The number of nitrogens with zero attached hydrogens (tertiary/aromatic N) is 2. The molecule has 0 aliphatic carbocycles. The quantitative estimate of drug-likeness (QED) is 0.691. The lowest BCUT2D eigenvalue weighted by Gasteiger charge is -2.08. The summed E-state index contributed by atoms with van der Waals surface area (Å²) in [4.78, 5) is 15.7. The topological polar surface area (TPSA) is 55.1 Å². The number of carboxylic acids is 1. The largest absolute Gasteiger partial charge is 0.477 e. The fourth-order valence-corrected chi connectivity index (χ4v) is 3.08. The Hall–Kier alpha value is -1.89. The fraction of sp³-hybridized carbons (Fsp3) is 0.125. The van der Waals surface area contributed by atoms with Crippen LogP contribution in [0.25, 0.3) is 10.9 Å². The van der Waals surface area contributed by atoms with Crippen LogP contribution in [0.1, 0.15) is 16.1 Å². The average molecular weight is 392 g/mol. The van der Waals surface area contributed by atoms with E-state index in [1.54, 1.807) is 16.8 Å². The Kier molecular flexibility index (Phi) is 3.92. The molecule has 0 aliphatic rings. The highest BCUT2D eigenvalue weighted by molar-refractivity contribution is 14.1. The molecule has 5 heteroatoms. The Morgan fingerprint density at radius 3 is 2.90 bits per heavy atom. The normalized spacial score (nSPS) is 10.9. The second-order valence-electron chi connectivity index (χ2n) is 4.78. The van der Waals surface area contributed by atoms with E-state index >= 15 is 0 Å². The summed E-state index contributed by atoms with van der Waals surface area (Å²) in [7, 11) is 0. The summed E-state index contributed by atoms with van der Waals surface area (Å²) in [5, 5.41) is 10.3. The molecule has 3 rings (SSSR count). The van der Waals surface area contributed by atoms with Crippen LogP contribution in [0.4, 0.5) is 0 Å². The number of fused-ring (bicyclic) bond motifs is 1. The molecule has 1 N–H and O–H groups in total. The SMILES string of the molecule is O=C(O)c1cc(I)cn1CCc1cccc2cccnc12. The Bertz CT molecular complexity index is 806. The van der Waals surface area contributed by atoms with Gasteiger partial charge in [0.2, 0.25) is 0 Å². The minimum atomic E-state index is -0.894. The zero-order valence-electron chi connectivity index (χ0n) is 11.2. The standard InChI is InChI=1S/C16H13IN2O2/c17-13-9-14(16(20)21)19(10-13)8-6-12-4-1-3-11-5-2-7-18-15(11)12/h1-5,7,9-10H,6,8H2,(H,20,21). The molecule has 3 aromatic rings. The highest BCUT2D eigenvalue weighted by atomic mass is 127. The molecule has 1 aromatic carbocycles. The summed E-state index contributed by atoms with van der Waals surface area (Å²) in [6.45, 7) is 0.625. The summed E-state index contributed by atoms with van der Waals surface area (Å²) in [5.41, 5.74) is 2.44. The van der Waals surface area contributed by atoms with Crippen LogP contribution in [-0.2, 0) is 13.0 Å². The van der Waals surface area contributed by atoms with Crippen LogP contribution in [0.3, 0.4) is 0 Å². The molecule has 2 heterocycles. The molecule has 0 spiro atoms. The number of aryl methyl sites for hydroxylation is 2. The molecule has 2 aromatic heterocycles. The van der Waals surface area contributed by atoms with Gasteiger partial charge in [0.15, 0.2) is 0 Å². The Labute approximate surface area is 135 Å². The molecular weight excluding hydrogens is 379 g/mol. The van der Waals surface area contributed by atoms with Gasteiger partial charge in [-0.1, -0.05) is 24.3 Å². The van der Waals surface area contributed by atoms with E-state index in [9.17, 15) is 9.90 Å². The van der Waals surface area contributed by atoms with Gasteiger partial charge >= 0.3 is 5.97 Å². The third-order valence-electron chi connectivity index (χ3n) is 3.42. The number of carboxylic acid groups (broad SMARTS) is 1. The van der Waals surface area contributed by atoms with Gasteiger partial charge in [-0.05, 0) is 46.7 Å². The van der Waals surface area contributed by atoms with Crippen molar-refractivity contribution in [2.45, 2.75) is 13.0 Å². The molecule has 4 nitrogen and oxygen atoms in total. The Morgan fingerprint density at radius 1 is 1.29 bits per heavy atom. The number of benzene rings is 1. The van der Waals surface area contributed by atoms with E-state index in [0.29, 0.717) is 12.2 Å². The summed E-state index contributed by atoms with van der Waals surface area (Å²) in [5.74, 6) is -0.894. The maximum atomic E-state index is 11.2. The zero-order valence-corrected chi connectivity index (χ0v) is 13.3. The highest BCUT2D eigenvalue weighted by Gasteiger charge is 2.12. The van der Waals surface area contributed by atoms with Gasteiger partial charge in [-0.15, -0.1) is 0 Å². The lowest BCUT2D eigenvalue weighted by Crippen LogP contribution is -2.09. The van der Waals surface area contributed by atoms with Gasteiger partial charge in [-0.3, -0.25) is 4.98 Å². The van der Waals surface area contributed by atoms with Gasteiger partial charge in [0.05, 0.1) is 5.52 Å². The van der Waals surface area contributed by atoms with E-state index in [2.05, 4.69) is 27.6 Å². The number of aromatic nitrogens is 2. The van der Waals surface area contributed by atoms with Crippen LogP contribution in [-0.4, -0.2) is 20.6 Å². The van der Waals surface area contributed by atoms with Crippen molar-refractivity contribution in [2.75, 3.05) is 0 Å². The van der Waals surface area contributed by atoms with Crippen molar-refractivity contribution in [3.8, 4) is 0 Å². The van der Waals surface area contributed by atoms with Gasteiger partial charge in [0.1, 0.15) is 5.69 Å². The number of para-hydroxylation sites is 1. The zero-order chi connectivity index (χ0) is 14.8. The average Bonchev–Trinajstić information content (AvgIpc) is 2.86. The van der Waals surface area contributed by atoms with Crippen LogP contribution < -0.4 is 0 Å². The molecule has 0 amide bonds. The van der Waals surface area contributed by atoms with Crippen molar-refractivity contribution in [3.63, 3.8) is 0 Å². The lowest BCUT2D eigenvalue weighted by atomic mass is 10.1. The van der Waals surface area contributed by atoms with Crippen molar-refractivity contribution < 1.29 is 9.90 Å². The second-order valence-corrected chi connectivity index (χ2v) is 6.03. The number of hydrogen-bond acceptors (Lipinski definition) is 2. The number of halogens is 1. The van der Waals surface area contributed by atoms with Crippen LogP contribution in [0.5, 0.6) is 0 Å². The van der Waals surface area contributed by atoms with Crippen LogP contribution in [0, 0.1) is 3.57 Å². The second kappa shape index (κ2) is 5.85. The third-order valence-corrected chi connectivity index (χ3v) is 4.01. The minimum absolute atomic E-state index is 0.326. The van der Waals surface area contributed by atoms with Gasteiger partial charge < -0.3 is 9.67 Å². The maximum absolute atomic E-state index is 11.2. The molecule has 0 unspecified atom stereocenters. The molecule has 21 heavy (non-hydrogen) atoms. The monoisotopic (exact) mass is 392 g/mol. The van der Waals surface area contributed by atoms with Crippen LogP contribution in [0.2, 0.25) is 0 Å². The van der Waals surface area contributed by atoms with E-state index in [-0.39, 0.29) is 0 Å². The molecule has 0 aliphatic heterocycles. The predicted molar refractivity (Wildman–Crippen MR) is 89.6 cm³/mol. The van der Waals surface area contributed by atoms with E-state index in [0.717, 1.165) is 26.5 Å². The van der Waals surface area contributed by atoms with Gasteiger partial charge in [-0.2, -0.15) is 0 Å². The lowest BCUT2D eigenvalue weighted by molar-refractivity contribution is 0.0685. The van der Waals surface area contributed by atoms with Crippen molar-refractivity contribution in [3.05, 3.63) is 63.6 Å². The first-order valence-corrected chi connectivity index (χ1v) is 7.64. The number of carbonyl (C=O) groups is 1. The first-order valence-electron chi connectivity index (χ1n) is 6.57. The molecule has 0 bridgehead atoms. The van der Waals surface area contributed by atoms with Gasteiger partial charge in [0.25, 0.3) is 0 Å². The summed E-state index contributed by atoms with van der Waals surface area (Å²) in [6, 6.07) is 11.7. The van der Waals surface area contributed by atoms with Crippen molar-refractivity contribution >= 4 is 39.5 Å². The molecule has 106 valence electrons. The molecule has 0 fully saturated rings. The number of rotatable bonds is 4. The van der Waals surface area contributed by atoms with Crippen LogP contribution >= 0.6 is 22.6 Å². The van der Waals surface area contributed by atoms with Crippen LogP contribution in [0.15, 0.2) is 48.8 Å². The van der Waals surface area contributed by atoms with Gasteiger partial charge in [0, 0.05) is 27.9 Å². The van der Waals surface area contributed by atoms with E-state index < -0.39 is 5.97 Å². The molecule has 0 radical (unpaired) electrons. The van der Waals surface area contributed by atoms with Gasteiger partial charge in [-0.25, -0.2) is 4.79 Å². The number of pyridine rings is 1. The Morgan fingerprint density at radius 2 is 2.10 bits per heavy atom. The molecule has 0 saturated carbocycles. The number of aromatic carboxylic acids is 1. The Balaban J connectivity index is 1.89. The van der Waals surface area contributed by atoms with E-state index in [1.807, 2.05) is 36.5 Å². The summed E-state index contributed by atoms with van der Waals surface area (Å²) < 4.78 is 2.72. The first kappa shape index (κ1) is 14.1. The van der Waals surface area contributed by atoms with E-state index in [4.69, 9.17) is 0 Å². The van der Waals surface area contributed by atoms with Crippen molar-refractivity contribution in [1.29, 1.82) is 0 Å². The van der Waals surface area contributed by atoms with E-state index in [1.165, 1.54) is 0 Å². The molecule has 0 atom stereocenters. The highest BCUT2D eigenvalue weighted by Crippen LogP contribution is 2.18. The maximum Gasteiger partial charge on any atom is 0.352 e. The number of hydrogen-bond donors (Lipinski definition) is 1. The molecular formula is C16H13IN2O2. The van der Waals surface area contributed by atoms with Crippen molar-refractivity contribution in [2.24, 2.45) is 0 Å².